The van der Waals surface area contributed by atoms with Gasteiger partial charge in [-0.2, -0.15) is 21.6 Å². The van der Waals surface area contributed by atoms with Crippen LogP contribution in [0.1, 0.15) is 25.3 Å². The lowest BCUT2D eigenvalue weighted by Crippen LogP contribution is -2.49. The molecule has 2 aromatic rings. The Balaban J connectivity index is 1.31. The summed E-state index contributed by atoms with van der Waals surface area (Å²) in [4.78, 5) is 16.4. The first kappa shape index (κ1) is 24.1. The van der Waals surface area contributed by atoms with Crippen molar-refractivity contribution in [3.63, 3.8) is 0 Å². The highest BCUT2D eigenvalue weighted by atomic mass is 32.2. The number of para-hydroxylation sites is 1. The fourth-order valence-corrected chi connectivity index (χ4v) is 5.33. The zero-order chi connectivity index (χ0) is 24.5. The smallest absolute Gasteiger partial charge is 0.368 e. The van der Waals surface area contributed by atoms with Gasteiger partial charge >= 0.3 is 6.18 Å². The molecule has 1 unspecified atom stereocenters. The van der Waals surface area contributed by atoms with Gasteiger partial charge in [0.25, 0.3) is 10.0 Å². The SMILES string of the molecule is CC(CC(=O)N1CCN(c2cccc(C(F)(F)F)c2)CC1)CC1=NS(=O)(=O)c2ccccc2N1. The van der Waals surface area contributed by atoms with E-state index < -0.39 is 21.8 Å². The second-order valence-electron chi connectivity index (χ2n) is 8.56. The highest BCUT2D eigenvalue weighted by Crippen LogP contribution is 2.32. The molecule has 0 aromatic heterocycles. The molecule has 4 rings (SSSR count). The van der Waals surface area contributed by atoms with Gasteiger partial charge in [-0.3, -0.25) is 4.79 Å². The van der Waals surface area contributed by atoms with E-state index in [1.54, 1.807) is 29.2 Å². The maximum Gasteiger partial charge on any atom is 0.416 e. The van der Waals surface area contributed by atoms with Gasteiger partial charge in [-0.1, -0.05) is 25.1 Å². The summed E-state index contributed by atoms with van der Waals surface area (Å²) in [5, 5.41) is 3.03. The number of carbonyl (C=O) groups excluding carboxylic acids is 1. The number of piperazine rings is 1. The van der Waals surface area contributed by atoms with E-state index in [9.17, 15) is 26.4 Å². The monoisotopic (exact) mass is 494 g/mol. The summed E-state index contributed by atoms with van der Waals surface area (Å²) < 4.78 is 67.6. The van der Waals surface area contributed by atoms with E-state index in [2.05, 4.69) is 9.71 Å². The Labute approximate surface area is 196 Å². The minimum absolute atomic E-state index is 0.0733. The molecule has 11 heteroatoms. The van der Waals surface area contributed by atoms with Gasteiger partial charge in [0.1, 0.15) is 10.7 Å². The Bertz CT molecular complexity index is 1210. The predicted molar refractivity (Wildman–Crippen MR) is 123 cm³/mol. The van der Waals surface area contributed by atoms with Crippen molar-refractivity contribution < 1.29 is 26.4 Å². The molecule has 7 nitrogen and oxygen atoms in total. The number of amides is 1. The topological polar surface area (TPSA) is 82.1 Å². The molecule has 1 fully saturated rings. The molecule has 0 bridgehead atoms. The average molecular weight is 495 g/mol. The van der Waals surface area contributed by atoms with Crippen molar-refractivity contribution in [3.8, 4) is 0 Å². The van der Waals surface area contributed by atoms with Crippen LogP contribution in [-0.2, 0) is 21.0 Å². The number of carbonyl (C=O) groups is 1. The van der Waals surface area contributed by atoms with Gasteiger partial charge in [0.15, 0.2) is 0 Å². The summed E-state index contributed by atoms with van der Waals surface area (Å²) in [6, 6.07) is 11.7. The fraction of sp³-hybridized carbons (Fsp3) is 0.391. The highest BCUT2D eigenvalue weighted by Gasteiger charge is 2.31. The molecule has 2 aliphatic heterocycles. The third-order valence-electron chi connectivity index (χ3n) is 5.91. The number of halogens is 3. The number of amidine groups is 1. The number of nitrogens with zero attached hydrogens (tertiary/aromatic N) is 3. The van der Waals surface area contributed by atoms with E-state index in [0.29, 0.717) is 49.8 Å². The maximum atomic E-state index is 13.0. The van der Waals surface area contributed by atoms with Crippen LogP contribution < -0.4 is 10.2 Å². The van der Waals surface area contributed by atoms with Gasteiger partial charge in [0, 0.05) is 44.7 Å². The standard InChI is InChI=1S/C23H25F3N4O3S/c1-16(13-21-27-19-7-2-3-8-20(19)34(32,33)28-21)14-22(31)30-11-9-29(10-12-30)18-6-4-5-17(15-18)23(24,25)26/h2-8,15-16H,9-14H2,1H3,(H,27,28). The maximum absolute atomic E-state index is 13.0. The number of anilines is 2. The number of hydrogen-bond donors (Lipinski definition) is 1. The molecule has 1 N–H and O–H groups in total. The van der Waals surface area contributed by atoms with Crippen LogP contribution in [0.2, 0.25) is 0 Å². The lowest BCUT2D eigenvalue weighted by atomic mass is 10.0. The largest absolute Gasteiger partial charge is 0.416 e. The van der Waals surface area contributed by atoms with Crippen LogP contribution >= 0.6 is 0 Å². The van der Waals surface area contributed by atoms with Crippen LogP contribution in [-0.4, -0.2) is 51.2 Å². The molecule has 1 saturated heterocycles. The molecular weight excluding hydrogens is 469 g/mol. The minimum atomic E-state index is -4.40. The summed E-state index contributed by atoms with van der Waals surface area (Å²) in [5.74, 6) is 0.0740. The number of alkyl halides is 3. The molecule has 182 valence electrons. The van der Waals surface area contributed by atoms with Gasteiger partial charge in [-0.05, 0) is 36.2 Å². The van der Waals surface area contributed by atoms with Crippen molar-refractivity contribution in [2.24, 2.45) is 10.3 Å². The predicted octanol–water partition coefficient (Wildman–Crippen LogP) is 3.98. The van der Waals surface area contributed by atoms with E-state index in [4.69, 9.17) is 0 Å². The molecule has 1 atom stereocenters. The Hall–Kier alpha value is -3.08. The Kier molecular flexibility index (Phi) is 6.57. The third-order valence-corrected chi connectivity index (χ3v) is 7.28. The highest BCUT2D eigenvalue weighted by molar-refractivity contribution is 7.90. The lowest BCUT2D eigenvalue weighted by molar-refractivity contribution is -0.137. The first-order valence-corrected chi connectivity index (χ1v) is 12.4. The van der Waals surface area contributed by atoms with Crippen LogP contribution in [0.25, 0.3) is 0 Å². The molecular formula is C23H25F3N4O3S. The van der Waals surface area contributed by atoms with E-state index >= 15 is 0 Å². The number of benzene rings is 2. The van der Waals surface area contributed by atoms with E-state index in [1.165, 1.54) is 12.1 Å². The normalized spacial score (nSPS) is 18.5. The summed E-state index contributed by atoms with van der Waals surface area (Å²) in [7, 11) is -3.78. The molecule has 2 heterocycles. The van der Waals surface area contributed by atoms with Crippen molar-refractivity contribution in [2.45, 2.75) is 30.8 Å². The molecule has 0 saturated carbocycles. The van der Waals surface area contributed by atoms with E-state index in [1.807, 2.05) is 11.8 Å². The Morgan fingerprint density at radius 2 is 1.79 bits per heavy atom. The van der Waals surface area contributed by atoms with E-state index in [0.717, 1.165) is 12.1 Å². The molecule has 1 amide bonds. The van der Waals surface area contributed by atoms with Gasteiger partial charge < -0.3 is 15.1 Å². The molecule has 2 aromatic carbocycles. The van der Waals surface area contributed by atoms with Gasteiger partial charge in [0.2, 0.25) is 5.91 Å². The fourth-order valence-electron chi connectivity index (χ4n) is 4.18. The summed E-state index contributed by atoms with van der Waals surface area (Å²) in [5.41, 5.74) is 0.260. The second-order valence-corrected chi connectivity index (χ2v) is 10.1. The lowest BCUT2D eigenvalue weighted by Gasteiger charge is -2.36. The molecule has 0 radical (unpaired) electrons. The Morgan fingerprint density at radius 1 is 1.09 bits per heavy atom. The van der Waals surface area contributed by atoms with E-state index in [-0.39, 0.29) is 23.1 Å². The average Bonchev–Trinajstić information content (AvgIpc) is 2.78. The molecule has 0 spiro atoms. The third kappa shape index (κ3) is 5.35. The minimum Gasteiger partial charge on any atom is -0.368 e. The van der Waals surface area contributed by atoms with Crippen molar-refractivity contribution in [1.29, 1.82) is 0 Å². The van der Waals surface area contributed by atoms with Crippen LogP contribution in [0.5, 0.6) is 0 Å². The van der Waals surface area contributed by atoms with Crippen molar-refractivity contribution in [2.75, 3.05) is 36.4 Å². The number of hydrogen-bond acceptors (Lipinski definition) is 5. The molecule has 2 aliphatic rings. The first-order chi connectivity index (χ1) is 16.0. The van der Waals surface area contributed by atoms with Crippen LogP contribution in [0.3, 0.4) is 0 Å². The Morgan fingerprint density at radius 3 is 2.50 bits per heavy atom. The zero-order valence-corrected chi connectivity index (χ0v) is 19.4. The zero-order valence-electron chi connectivity index (χ0n) is 18.5. The first-order valence-electron chi connectivity index (χ1n) is 10.9. The van der Waals surface area contributed by atoms with Crippen molar-refractivity contribution >= 4 is 33.1 Å². The number of fused-ring (bicyclic) bond motifs is 1. The van der Waals surface area contributed by atoms with Crippen LogP contribution in [0, 0.1) is 5.92 Å². The van der Waals surface area contributed by atoms with Crippen molar-refractivity contribution in [1.82, 2.24) is 4.90 Å². The number of nitrogens with one attached hydrogen (secondary N) is 1. The number of sulfonamides is 1. The summed E-state index contributed by atoms with van der Waals surface area (Å²) >= 11 is 0. The summed E-state index contributed by atoms with van der Waals surface area (Å²) in [6.07, 6.45) is -3.89. The number of rotatable bonds is 5. The van der Waals surface area contributed by atoms with Gasteiger partial charge in [-0.15, -0.1) is 4.40 Å². The second kappa shape index (κ2) is 9.28. The quantitative estimate of drug-likeness (QED) is 0.680. The summed E-state index contributed by atoms with van der Waals surface area (Å²) in [6.45, 7) is 3.54. The molecule has 34 heavy (non-hydrogen) atoms. The van der Waals surface area contributed by atoms with Crippen molar-refractivity contribution in [3.05, 3.63) is 54.1 Å². The van der Waals surface area contributed by atoms with Gasteiger partial charge in [-0.25, -0.2) is 0 Å². The van der Waals surface area contributed by atoms with Crippen LogP contribution in [0.4, 0.5) is 24.5 Å². The van der Waals surface area contributed by atoms with Crippen LogP contribution in [0.15, 0.2) is 57.8 Å². The molecule has 0 aliphatic carbocycles. The van der Waals surface area contributed by atoms with Gasteiger partial charge in [0.05, 0.1) is 11.3 Å².